The average Bonchev–Trinajstić information content (AvgIpc) is 2.34. The predicted molar refractivity (Wildman–Crippen MR) is 78.5 cm³/mol. The van der Waals surface area contributed by atoms with E-state index in [0.29, 0.717) is 5.92 Å². The third-order valence-corrected chi connectivity index (χ3v) is 3.07. The second-order valence-corrected chi connectivity index (χ2v) is 5.45. The van der Waals surface area contributed by atoms with Crippen molar-refractivity contribution < 1.29 is 9.47 Å². The van der Waals surface area contributed by atoms with Gasteiger partial charge in [-0.2, -0.15) is 0 Å². The Morgan fingerprint density at radius 3 is 2.72 bits per heavy atom. The largest absolute Gasteiger partial charge is 0.497 e. The summed E-state index contributed by atoms with van der Waals surface area (Å²) in [5.74, 6) is 2.38. The molecular weight excluding hydrogens is 294 g/mol. The first-order chi connectivity index (χ1) is 8.63. The zero-order valence-corrected chi connectivity index (χ0v) is 12.9. The van der Waals surface area contributed by atoms with Gasteiger partial charge < -0.3 is 14.8 Å². The lowest BCUT2D eigenvalue weighted by molar-refractivity contribution is 0.304. The van der Waals surface area contributed by atoms with Crippen LogP contribution in [-0.4, -0.2) is 26.8 Å². The molecule has 1 rings (SSSR count). The van der Waals surface area contributed by atoms with Crippen LogP contribution in [0.5, 0.6) is 11.5 Å². The minimum absolute atomic E-state index is 0.696. The van der Waals surface area contributed by atoms with Gasteiger partial charge in [0.25, 0.3) is 0 Å². The van der Waals surface area contributed by atoms with Crippen LogP contribution in [0, 0.1) is 5.92 Å². The van der Waals surface area contributed by atoms with E-state index in [4.69, 9.17) is 9.47 Å². The highest BCUT2D eigenvalue weighted by Crippen LogP contribution is 2.29. The molecule has 1 aromatic rings. The van der Waals surface area contributed by atoms with Gasteiger partial charge in [-0.3, -0.25) is 0 Å². The Labute approximate surface area is 118 Å². The molecule has 0 aliphatic carbocycles. The first kappa shape index (κ1) is 15.3. The van der Waals surface area contributed by atoms with Crippen molar-refractivity contribution in [2.75, 3.05) is 26.8 Å². The summed E-state index contributed by atoms with van der Waals surface area (Å²) in [6, 6.07) is 5.73. The summed E-state index contributed by atoms with van der Waals surface area (Å²) in [6.07, 6.45) is 1.01. The minimum atomic E-state index is 0.696. The fraction of sp³-hybridized carbons (Fsp3) is 0.571. The van der Waals surface area contributed by atoms with E-state index >= 15 is 0 Å². The fourth-order valence-corrected chi connectivity index (χ4v) is 1.97. The molecule has 1 N–H and O–H groups in total. The van der Waals surface area contributed by atoms with Crippen molar-refractivity contribution in [3.05, 3.63) is 22.7 Å². The molecule has 0 aliphatic heterocycles. The molecule has 0 aliphatic rings. The Hall–Kier alpha value is -0.740. The maximum atomic E-state index is 5.70. The highest BCUT2D eigenvalue weighted by molar-refractivity contribution is 9.10. The van der Waals surface area contributed by atoms with Crippen LogP contribution >= 0.6 is 15.9 Å². The molecule has 0 atom stereocenters. The third kappa shape index (κ3) is 5.74. The molecule has 0 radical (unpaired) electrons. The lowest BCUT2D eigenvalue weighted by Gasteiger charge is -2.10. The summed E-state index contributed by atoms with van der Waals surface area (Å²) < 4.78 is 11.8. The summed E-state index contributed by atoms with van der Waals surface area (Å²) in [6.45, 7) is 7.18. The van der Waals surface area contributed by atoms with E-state index in [-0.39, 0.29) is 0 Å². The van der Waals surface area contributed by atoms with Gasteiger partial charge in [0.15, 0.2) is 0 Å². The molecule has 0 unspecified atom stereocenters. The number of rotatable bonds is 8. The molecule has 102 valence electrons. The predicted octanol–water partition coefficient (Wildman–Crippen LogP) is 3.47. The summed E-state index contributed by atoms with van der Waals surface area (Å²) in [5.41, 5.74) is 0. The van der Waals surface area contributed by atoms with Gasteiger partial charge in [0.1, 0.15) is 11.5 Å². The van der Waals surface area contributed by atoms with E-state index < -0.39 is 0 Å². The van der Waals surface area contributed by atoms with Crippen molar-refractivity contribution in [3.63, 3.8) is 0 Å². The van der Waals surface area contributed by atoms with Crippen LogP contribution in [0.4, 0.5) is 0 Å². The monoisotopic (exact) mass is 315 g/mol. The zero-order chi connectivity index (χ0) is 13.4. The summed E-state index contributed by atoms with van der Waals surface area (Å²) in [5, 5.41) is 3.39. The molecule has 0 spiro atoms. The van der Waals surface area contributed by atoms with Gasteiger partial charge in [-0.25, -0.2) is 0 Å². The van der Waals surface area contributed by atoms with E-state index in [2.05, 4.69) is 35.1 Å². The molecule has 0 amide bonds. The van der Waals surface area contributed by atoms with Crippen LogP contribution in [0.25, 0.3) is 0 Å². The van der Waals surface area contributed by atoms with Crippen LogP contribution in [0.15, 0.2) is 22.7 Å². The first-order valence-electron chi connectivity index (χ1n) is 6.30. The smallest absolute Gasteiger partial charge is 0.133 e. The first-order valence-corrected chi connectivity index (χ1v) is 7.10. The Morgan fingerprint density at radius 1 is 1.33 bits per heavy atom. The van der Waals surface area contributed by atoms with Crippen LogP contribution in [0.1, 0.15) is 20.3 Å². The molecule has 1 aromatic carbocycles. The van der Waals surface area contributed by atoms with Gasteiger partial charge >= 0.3 is 0 Å². The Kier molecular flexibility index (Phi) is 7.13. The van der Waals surface area contributed by atoms with Gasteiger partial charge in [0.2, 0.25) is 0 Å². The second kappa shape index (κ2) is 8.38. The molecule has 3 nitrogen and oxygen atoms in total. The third-order valence-electron chi connectivity index (χ3n) is 2.45. The van der Waals surface area contributed by atoms with Crippen LogP contribution < -0.4 is 14.8 Å². The van der Waals surface area contributed by atoms with Crippen molar-refractivity contribution in [3.8, 4) is 11.5 Å². The van der Waals surface area contributed by atoms with Gasteiger partial charge in [-0.15, -0.1) is 0 Å². The highest BCUT2D eigenvalue weighted by atomic mass is 79.9. The Bertz CT molecular complexity index is 356. The quantitative estimate of drug-likeness (QED) is 0.745. The van der Waals surface area contributed by atoms with Crippen molar-refractivity contribution in [2.45, 2.75) is 20.3 Å². The van der Waals surface area contributed by atoms with Gasteiger partial charge in [0.05, 0.1) is 18.2 Å². The number of methoxy groups -OCH3 is 1. The lowest BCUT2D eigenvalue weighted by atomic mass is 10.2. The number of benzene rings is 1. The van der Waals surface area contributed by atoms with E-state index in [1.165, 1.54) is 0 Å². The number of halogens is 1. The van der Waals surface area contributed by atoms with E-state index in [0.717, 1.165) is 42.1 Å². The Morgan fingerprint density at radius 2 is 2.11 bits per heavy atom. The molecule has 0 saturated heterocycles. The van der Waals surface area contributed by atoms with Gasteiger partial charge in [0, 0.05) is 0 Å². The Balaban J connectivity index is 2.23. The summed E-state index contributed by atoms with van der Waals surface area (Å²) in [4.78, 5) is 0. The lowest BCUT2D eigenvalue weighted by Crippen LogP contribution is -2.22. The molecule has 18 heavy (non-hydrogen) atoms. The molecule has 0 fully saturated rings. The van der Waals surface area contributed by atoms with E-state index in [1.54, 1.807) is 7.11 Å². The molecule has 0 aromatic heterocycles. The van der Waals surface area contributed by atoms with E-state index in [1.807, 2.05) is 18.2 Å². The number of hydrogen-bond acceptors (Lipinski definition) is 3. The maximum Gasteiger partial charge on any atom is 0.133 e. The second-order valence-electron chi connectivity index (χ2n) is 4.60. The normalized spacial score (nSPS) is 10.7. The van der Waals surface area contributed by atoms with Gasteiger partial charge in [-0.05, 0) is 59.6 Å². The molecular formula is C14H22BrNO2. The number of nitrogens with one attached hydrogen (secondary N) is 1. The van der Waals surface area contributed by atoms with Crippen molar-refractivity contribution >= 4 is 15.9 Å². The SMILES string of the molecule is COc1ccc(OCCCNCC(C)C)c(Br)c1. The fourth-order valence-electron chi connectivity index (χ4n) is 1.50. The number of ether oxygens (including phenoxy) is 2. The van der Waals surface area contributed by atoms with E-state index in [9.17, 15) is 0 Å². The molecule has 0 heterocycles. The van der Waals surface area contributed by atoms with Crippen LogP contribution in [0.3, 0.4) is 0 Å². The molecule has 0 saturated carbocycles. The molecule has 0 bridgehead atoms. The average molecular weight is 316 g/mol. The summed E-state index contributed by atoms with van der Waals surface area (Å²) in [7, 11) is 1.66. The topological polar surface area (TPSA) is 30.5 Å². The van der Waals surface area contributed by atoms with Crippen LogP contribution in [-0.2, 0) is 0 Å². The summed E-state index contributed by atoms with van der Waals surface area (Å²) >= 11 is 3.47. The van der Waals surface area contributed by atoms with Crippen molar-refractivity contribution in [1.29, 1.82) is 0 Å². The molecule has 4 heteroatoms. The van der Waals surface area contributed by atoms with Crippen molar-refractivity contribution in [2.24, 2.45) is 5.92 Å². The highest BCUT2D eigenvalue weighted by Gasteiger charge is 2.02. The minimum Gasteiger partial charge on any atom is -0.497 e. The zero-order valence-electron chi connectivity index (χ0n) is 11.3. The van der Waals surface area contributed by atoms with Gasteiger partial charge in [-0.1, -0.05) is 13.8 Å². The van der Waals surface area contributed by atoms with Crippen molar-refractivity contribution in [1.82, 2.24) is 5.32 Å². The maximum absolute atomic E-state index is 5.70. The van der Waals surface area contributed by atoms with Crippen LogP contribution in [0.2, 0.25) is 0 Å². The number of hydrogen-bond donors (Lipinski definition) is 1. The standard InChI is InChI=1S/C14H22BrNO2/c1-11(2)10-16-7-4-8-18-14-6-5-12(17-3)9-13(14)15/h5-6,9,11,16H,4,7-8,10H2,1-3H3.